The summed E-state index contributed by atoms with van der Waals surface area (Å²) in [7, 11) is 0. The third-order valence-electron chi connectivity index (χ3n) is 2.51. The summed E-state index contributed by atoms with van der Waals surface area (Å²) in [6.45, 7) is 7.37. The molecule has 1 aromatic carbocycles. The number of hydrogen-bond acceptors (Lipinski definition) is 1. The highest BCUT2D eigenvalue weighted by atomic mass is 15.0. The molecule has 0 aliphatic heterocycles. The van der Waals surface area contributed by atoms with Gasteiger partial charge in [-0.05, 0) is 31.9 Å². The van der Waals surface area contributed by atoms with Gasteiger partial charge in [0.15, 0.2) is 0 Å². The van der Waals surface area contributed by atoms with Gasteiger partial charge in [-0.3, -0.25) is 0 Å². The van der Waals surface area contributed by atoms with Gasteiger partial charge in [-0.25, -0.2) is 4.98 Å². The average molecular weight is 174 g/mol. The van der Waals surface area contributed by atoms with Gasteiger partial charge in [0.1, 0.15) is 0 Å². The molecular weight excluding hydrogens is 160 g/mol. The normalized spacial score (nSPS) is 11.0. The number of imidazole rings is 1. The Hall–Kier alpha value is -1.31. The number of benzene rings is 1. The third-order valence-corrected chi connectivity index (χ3v) is 2.51. The number of nitrogens with zero attached hydrogens (tertiary/aromatic N) is 2. The predicted octanol–water partition coefficient (Wildman–Crippen LogP) is 2.67. The van der Waals surface area contributed by atoms with Crippen molar-refractivity contribution >= 4 is 11.0 Å². The van der Waals surface area contributed by atoms with Crippen LogP contribution in [0, 0.1) is 13.8 Å². The minimum absolute atomic E-state index is 0.987. The molecule has 1 aromatic heterocycles. The van der Waals surface area contributed by atoms with Crippen LogP contribution in [0.15, 0.2) is 18.5 Å². The van der Waals surface area contributed by atoms with Gasteiger partial charge in [-0.15, -0.1) is 0 Å². The fourth-order valence-corrected chi connectivity index (χ4v) is 1.73. The Morgan fingerprint density at radius 1 is 1.23 bits per heavy atom. The Bertz CT molecular complexity index is 441. The lowest BCUT2D eigenvalue weighted by Crippen LogP contribution is -1.93. The van der Waals surface area contributed by atoms with Crippen molar-refractivity contribution in [2.75, 3.05) is 0 Å². The average Bonchev–Trinajstić information content (AvgIpc) is 2.56. The van der Waals surface area contributed by atoms with Crippen LogP contribution in [0.5, 0.6) is 0 Å². The summed E-state index contributed by atoms with van der Waals surface area (Å²) in [5.74, 6) is 0. The lowest BCUT2D eigenvalue weighted by Gasteiger charge is -2.03. The third kappa shape index (κ3) is 1.13. The molecule has 0 atom stereocenters. The molecule has 0 aliphatic carbocycles. The van der Waals surface area contributed by atoms with Crippen molar-refractivity contribution in [2.45, 2.75) is 27.3 Å². The molecule has 2 aromatic rings. The molecule has 0 saturated carbocycles. The summed E-state index contributed by atoms with van der Waals surface area (Å²) >= 11 is 0. The predicted molar refractivity (Wildman–Crippen MR) is 54.9 cm³/mol. The van der Waals surface area contributed by atoms with Gasteiger partial charge in [0.2, 0.25) is 0 Å². The summed E-state index contributed by atoms with van der Waals surface area (Å²) in [5.41, 5.74) is 4.98. The Labute approximate surface area is 78.2 Å². The number of aromatic nitrogens is 2. The molecule has 1 heterocycles. The Morgan fingerprint density at radius 2 is 1.92 bits per heavy atom. The molecule has 0 bridgehead atoms. The summed E-state index contributed by atoms with van der Waals surface area (Å²) in [5, 5.41) is 0. The van der Waals surface area contributed by atoms with Gasteiger partial charge in [0.05, 0.1) is 17.4 Å². The monoisotopic (exact) mass is 174 g/mol. The highest BCUT2D eigenvalue weighted by Crippen LogP contribution is 2.20. The number of fused-ring (bicyclic) bond motifs is 1. The zero-order valence-corrected chi connectivity index (χ0v) is 8.33. The molecule has 0 unspecified atom stereocenters. The van der Waals surface area contributed by atoms with Crippen molar-refractivity contribution in [3.05, 3.63) is 29.6 Å². The van der Waals surface area contributed by atoms with Crippen molar-refractivity contribution in [1.82, 2.24) is 9.55 Å². The molecule has 13 heavy (non-hydrogen) atoms. The van der Waals surface area contributed by atoms with Crippen LogP contribution in [0.2, 0.25) is 0 Å². The van der Waals surface area contributed by atoms with Gasteiger partial charge in [-0.2, -0.15) is 0 Å². The second-order valence-corrected chi connectivity index (χ2v) is 3.43. The minimum atomic E-state index is 0.987. The van der Waals surface area contributed by atoms with Crippen molar-refractivity contribution in [2.24, 2.45) is 0 Å². The molecule has 2 heteroatoms. The number of hydrogen-bond donors (Lipinski definition) is 0. The smallest absolute Gasteiger partial charge is 0.0958 e. The first-order valence-corrected chi connectivity index (χ1v) is 4.65. The highest BCUT2D eigenvalue weighted by Gasteiger charge is 2.05. The molecule has 68 valence electrons. The van der Waals surface area contributed by atoms with Gasteiger partial charge in [0.25, 0.3) is 0 Å². The molecule has 0 amide bonds. The van der Waals surface area contributed by atoms with Crippen LogP contribution in [0.3, 0.4) is 0 Å². The van der Waals surface area contributed by atoms with Crippen LogP contribution >= 0.6 is 0 Å². The lowest BCUT2D eigenvalue weighted by molar-refractivity contribution is 0.785. The fourth-order valence-electron chi connectivity index (χ4n) is 1.73. The molecule has 2 rings (SSSR count). The lowest BCUT2D eigenvalue weighted by atomic mass is 10.1. The van der Waals surface area contributed by atoms with E-state index in [2.05, 4.69) is 42.5 Å². The van der Waals surface area contributed by atoms with Crippen LogP contribution in [-0.4, -0.2) is 9.55 Å². The van der Waals surface area contributed by atoms with E-state index in [1.54, 1.807) is 0 Å². The van der Waals surface area contributed by atoms with E-state index in [9.17, 15) is 0 Å². The summed E-state index contributed by atoms with van der Waals surface area (Å²) in [4.78, 5) is 4.41. The first-order chi connectivity index (χ1) is 6.24. The standard InChI is InChI=1S/C11H14N2/c1-4-13-7-12-10-8(2)5-6-9(3)11(10)13/h5-7H,4H2,1-3H3. The molecule has 0 radical (unpaired) electrons. The molecule has 0 N–H and O–H groups in total. The van der Waals surface area contributed by atoms with Gasteiger partial charge in [-0.1, -0.05) is 12.1 Å². The minimum Gasteiger partial charge on any atom is -0.331 e. The van der Waals surface area contributed by atoms with E-state index < -0.39 is 0 Å². The second kappa shape index (κ2) is 2.87. The fraction of sp³-hybridized carbons (Fsp3) is 0.364. The van der Waals surface area contributed by atoms with Gasteiger partial charge in [0, 0.05) is 6.54 Å². The van der Waals surface area contributed by atoms with E-state index in [4.69, 9.17) is 0 Å². The molecular formula is C11H14N2. The first-order valence-electron chi connectivity index (χ1n) is 4.65. The Balaban J connectivity index is 2.87. The van der Waals surface area contributed by atoms with E-state index >= 15 is 0 Å². The quantitative estimate of drug-likeness (QED) is 0.650. The molecule has 0 fully saturated rings. The maximum Gasteiger partial charge on any atom is 0.0958 e. The Kier molecular flexibility index (Phi) is 1.83. The number of aryl methyl sites for hydroxylation is 3. The van der Waals surface area contributed by atoms with E-state index in [0.29, 0.717) is 0 Å². The second-order valence-electron chi connectivity index (χ2n) is 3.43. The zero-order valence-electron chi connectivity index (χ0n) is 8.33. The maximum absolute atomic E-state index is 4.41. The van der Waals surface area contributed by atoms with Crippen molar-refractivity contribution in [1.29, 1.82) is 0 Å². The van der Waals surface area contributed by atoms with Gasteiger partial charge < -0.3 is 4.57 Å². The van der Waals surface area contributed by atoms with Crippen molar-refractivity contribution in [3.8, 4) is 0 Å². The van der Waals surface area contributed by atoms with Crippen molar-refractivity contribution in [3.63, 3.8) is 0 Å². The molecule has 2 nitrogen and oxygen atoms in total. The zero-order chi connectivity index (χ0) is 9.42. The summed E-state index contributed by atoms with van der Waals surface area (Å²) in [6.07, 6.45) is 1.92. The van der Waals surface area contributed by atoms with Crippen LogP contribution in [-0.2, 0) is 6.54 Å². The van der Waals surface area contributed by atoms with Crippen LogP contribution < -0.4 is 0 Å². The van der Waals surface area contributed by atoms with Gasteiger partial charge >= 0.3 is 0 Å². The van der Waals surface area contributed by atoms with Crippen molar-refractivity contribution < 1.29 is 0 Å². The SMILES string of the molecule is CCn1cnc2c(C)ccc(C)c21. The molecule has 0 aliphatic rings. The Morgan fingerprint density at radius 3 is 2.62 bits per heavy atom. The van der Waals surface area contributed by atoms with E-state index in [1.165, 1.54) is 16.6 Å². The van der Waals surface area contributed by atoms with E-state index in [1.807, 2.05) is 6.33 Å². The molecule has 0 saturated heterocycles. The highest BCUT2D eigenvalue weighted by molar-refractivity contribution is 5.81. The maximum atomic E-state index is 4.41. The first kappa shape index (κ1) is 8.30. The summed E-state index contributed by atoms with van der Waals surface area (Å²) < 4.78 is 2.19. The molecule has 0 spiro atoms. The van der Waals surface area contributed by atoms with E-state index in [0.717, 1.165) is 12.1 Å². The van der Waals surface area contributed by atoms with Crippen LogP contribution in [0.25, 0.3) is 11.0 Å². The largest absolute Gasteiger partial charge is 0.331 e. The van der Waals surface area contributed by atoms with E-state index in [-0.39, 0.29) is 0 Å². The van der Waals surface area contributed by atoms with Crippen LogP contribution in [0.1, 0.15) is 18.1 Å². The number of rotatable bonds is 1. The summed E-state index contributed by atoms with van der Waals surface area (Å²) in [6, 6.07) is 4.29. The topological polar surface area (TPSA) is 17.8 Å². The van der Waals surface area contributed by atoms with Crippen LogP contribution in [0.4, 0.5) is 0 Å².